The number of fused-ring (bicyclic) bond motifs is 1. The molecule has 3 rings (SSSR count). The predicted molar refractivity (Wildman–Crippen MR) is 72.0 cm³/mol. The fraction of sp³-hybridized carbons (Fsp3) is 0.500. The van der Waals surface area contributed by atoms with Gasteiger partial charge in [-0.3, -0.25) is 4.57 Å². The first-order valence-electron chi connectivity index (χ1n) is 5.72. The van der Waals surface area contributed by atoms with Crippen LogP contribution in [0.3, 0.4) is 0 Å². The average Bonchev–Trinajstić information content (AvgIpc) is 2.89. The fourth-order valence-corrected chi connectivity index (χ4v) is 2.87. The first-order chi connectivity index (χ1) is 9.51. The summed E-state index contributed by atoms with van der Waals surface area (Å²) in [7, 11) is 0. The second-order valence-electron chi connectivity index (χ2n) is 4.32. The zero-order valence-corrected chi connectivity index (χ0v) is 12.1. The molecular formula is C10H9Cl3N4O3. The third-order valence-electron chi connectivity index (χ3n) is 3.10. The number of rotatable bonds is 2. The minimum atomic E-state index is -0.800. The molecule has 1 fully saturated rings. The fourth-order valence-electron chi connectivity index (χ4n) is 2.18. The van der Waals surface area contributed by atoms with Gasteiger partial charge in [-0.05, 0) is 23.2 Å². The molecule has 10 heteroatoms. The second-order valence-corrected chi connectivity index (χ2v) is 5.36. The number of ether oxygens (including phenoxy) is 1. The molecule has 2 N–H and O–H groups in total. The first-order valence-corrected chi connectivity index (χ1v) is 6.85. The summed E-state index contributed by atoms with van der Waals surface area (Å²) in [6, 6.07) is 0. The molecule has 7 nitrogen and oxygen atoms in total. The van der Waals surface area contributed by atoms with Crippen molar-refractivity contribution in [2.45, 2.75) is 24.9 Å². The molecule has 1 aliphatic rings. The molecule has 2 aromatic rings. The lowest BCUT2D eigenvalue weighted by Crippen LogP contribution is -2.24. The van der Waals surface area contributed by atoms with Crippen LogP contribution >= 0.6 is 34.8 Å². The van der Waals surface area contributed by atoms with Crippen LogP contribution in [0.15, 0.2) is 0 Å². The highest BCUT2D eigenvalue weighted by atomic mass is 35.5. The van der Waals surface area contributed by atoms with Crippen LogP contribution in [0.1, 0.15) is 12.6 Å². The lowest BCUT2D eigenvalue weighted by atomic mass is 10.2. The smallest absolute Gasteiger partial charge is 0.225 e. The van der Waals surface area contributed by atoms with E-state index in [-0.39, 0.29) is 28.7 Å². The Morgan fingerprint density at radius 1 is 1.25 bits per heavy atom. The Hall–Kier alpha value is -0.700. The van der Waals surface area contributed by atoms with E-state index < -0.39 is 18.4 Å². The van der Waals surface area contributed by atoms with E-state index in [4.69, 9.17) is 44.6 Å². The molecule has 3 heterocycles. The summed E-state index contributed by atoms with van der Waals surface area (Å²) in [6.07, 6.45) is -1.84. The molecular weight excluding hydrogens is 330 g/mol. The van der Waals surface area contributed by atoms with Crippen LogP contribution in [-0.4, -0.2) is 48.5 Å². The molecule has 0 bridgehead atoms. The molecule has 1 saturated heterocycles. The van der Waals surface area contributed by atoms with Crippen molar-refractivity contribution in [3.05, 3.63) is 15.7 Å². The molecule has 0 saturated carbocycles. The van der Waals surface area contributed by atoms with E-state index in [1.807, 2.05) is 0 Å². The van der Waals surface area contributed by atoms with Gasteiger partial charge in [0.2, 0.25) is 10.6 Å². The Kier molecular flexibility index (Phi) is 3.74. The molecule has 2 aromatic heterocycles. The number of imidazole rings is 1. The lowest BCUT2D eigenvalue weighted by Gasteiger charge is -2.14. The molecule has 0 spiro atoms. The summed E-state index contributed by atoms with van der Waals surface area (Å²) < 4.78 is 7.00. The summed E-state index contributed by atoms with van der Waals surface area (Å²) in [4.78, 5) is 11.9. The van der Waals surface area contributed by atoms with Crippen molar-refractivity contribution in [3.8, 4) is 0 Å². The van der Waals surface area contributed by atoms with Crippen LogP contribution in [0.2, 0.25) is 15.7 Å². The van der Waals surface area contributed by atoms with Crippen LogP contribution in [0, 0.1) is 0 Å². The van der Waals surface area contributed by atoms with Crippen molar-refractivity contribution < 1.29 is 14.9 Å². The molecule has 108 valence electrons. The Labute approximate surface area is 128 Å². The molecule has 0 unspecified atom stereocenters. The number of halogens is 3. The van der Waals surface area contributed by atoms with E-state index in [0.29, 0.717) is 11.2 Å². The highest BCUT2D eigenvalue weighted by molar-refractivity contribution is 6.36. The van der Waals surface area contributed by atoms with Crippen LogP contribution < -0.4 is 0 Å². The minimum Gasteiger partial charge on any atom is -0.394 e. The van der Waals surface area contributed by atoms with E-state index in [9.17, 15) is 5.11 Å². The van der Waals surface area contributed by atoms with Crippen molar-refractivity contribution in [1.29, 1.82) is 0 Å². The number of hydrogen-bond acceptors (Lipinski definition) is 6. The molecule has 0 aromatic carbocycles. The molecule has 3 atom stereocenters. The van der Waals surface area contributed by atoms with Crippen molar-refractivity contribution in [3.63, 3.8) is 0 Å². The van der Waals surface area contributed by atoms with E-state index in [1.165, 1.54) is 4.57 Å². The highest BCUT2D eigenvalue weighted by Gasteiger charge is 2.36. The third kappa shape index (κ3) is 2.24. The summed E-state index contributed by atoms with van der Waals surface area (Å²) in [5.41, 5.74) is 0.613. The zero-order chi connectivity index (χ0) is 14.4. The zero-order valence-electron chi connectivity index (χ0n) is 9.87. The monoisotopic (exact) mass is 338 g/mol. The van der Waals surface area contributed by atoms with Gasteiger partial charge in [-0.1, -0.05) is 11.6 Å². The van der Waals surface area contributed by atoms with Gasteiger partial charge in [-0.15, -0.1) is 0 Å². The van der Waals surface area contributed by atoms with Gasteiger partial charge in [0.15, 0.2) is 10.8 Å². The maximum absolute atomic E-state index is 9.78. The number of nitrogens with zero attached hydrogens (tertiary/aromatic N) is 4. The van der Waals surface area contributed by atoms with Crippen LogP contribution in [0.4, 0.5) is 0 Å². The van der Waals surface area contributed by atoms with Gasteiger partial charge in [0.1, 0.15) is 17.8 Å². The number of aliphatic hydroxyl groups excluding tert-OH is 2. The maximum atomic E-state index is 9.78. The third-order valence-corrected chi connectivity index (χ3v) is 3.80. The predicted octanol–water partition coefficient (Wildman–Crippen LogP) is 1.43. The normalized spacial score (nSPS) is 26.6. The van der Waals surface area contributed by atoms with E-state index >= 15 is 0 Å². The van der Waals surface area contributed by atoms with Crippen molar-refractivity contribution >= 4 is 46.0 Å². The van der Waals surface area contributed by atoms with Crippen molar-refractivity contribution in [2.24, 2.45) is 0 Å². The standard InChI is InChI=1S/C10H9Cl3N4O3/c11-7-6-8(16-9(12)15-7)17(10(13)14-6)5-1-3(19)4(2-18)20-5/h3-5,18-19H,1-2H2/t3-,4+,5+/m1/s1. The first kappa shape index (κ1) is 14.2. The Morgan fingerprint density at radius 3 is 2.65 bits per heavy atom. The molecule has 0 radical (unpaired) electrons. The van der Waals surface area contributed by atoms with Gasteiger partial charge in [-0.2, -0.15) is 4.98 Å². The van der Waals surface area contributed by atoms with Crippen molar-refractivity contribution in [1.82, 2.24) is 19.5 Å². The maximum Gasteiger partial charge on any atom is 0.225 e. The molecule has 20 heavy (non-hydrogen) atoms. The SMILES string of the molecule is OC[C@@H]1O[C@H](n2c(Cl)nc3c(Cl)nc(Cl)nc32)C[C@H]1O. The van der Waals surface area contributed by atoms with E-state index in [1.54, 1.807) is 0 Å². The summed E-state index contributed by atoms with van der Waals surface area (Å²) in [5.74, 6) is 0. The van der Waals surface area contributed by atoms with Crippen molar-refractivity contribution in [2.75, 3.05) is 6.61 Å². The van der Waals surface area contributed by atoms with Crippen LogP contribution in [0.25, 0.3) is 11.2 Å². The highest BCUT2D eigenvalue weighted by Crippen LogP contribution is 2.35. The number of aromatic nitrogens is 4. The summed E-state index contributed by atoms with van der Waals surface area (Å²) in [5, 5.41) is 19.0. The largest absolute Gasteiger partial charge is 0.394 e. The topological polar surface area (TPSA) is 93.3 Å². The van der Waals surface area contributed by atoms with Gasteiger partial charge in [0.05, 0.1) is 12.7 Å². The molecule has 0 aliphatic carbocycles. The molecule has 1 aliphatic heterocycles. The van der Waals surface area contributed by atoms with Gasteiger partial charge in [0, 0.05) is 6.42 Å². The van der Waals surface area contributed by atoms with E-state index in [2.05, 4.69) is 15.0 Å². The number of aliphatic hydroxyl groups is 2. The van der Waals surface area contributed by atoms with Gasteiger partial charge >= 0.3 is 0 Å². The van der Waals surface area contributed by atoms with Gasteiger partial charge < -0.3 is 14.9 Å². The Balaban J connectivity index is 2.10. The van der Waals surface area contributed by atoms with Gasteiger partial charge in [0.25, 0.3) is 0 Å². The quantitative estimate of drug-likeness (QED) is 0.488. The minimum absolute atomic E-state index is 0.0439. The Bertz CT molecular complexity index is 665. The molecule has 0 amide bonds. The second kappa shape index (κ2) is 5.25. The number of hydrogen-bond donors (Lipinski definition) is 2. The van der Waals surface area contributed by atoms with E-state index in [0.717, 1.165) is 0 Å². The summed E-state index contributed by atoms with van der Waals surface area (Å²) in [6.45, 7) is -0.293. The van der Waals surface area contributed by atoms with Crippen LogP contribution in [0.5, 0.6) is 0 Å². The average molecular weight is 340 g/mol. The van der Waals surface area contributed by atoms with Gasteiger partial charge in [-0.25, -0.2) is 9.97 Å². The summed E-state index contributed by atoms with van der Waals surface area (Å²) >= 11 is 17.8. The lowest BCUT2D eigenvalue weighted by molar-refractivity contribution is -0.0431. The Morgan fingerprint density at radius 2 is 2.00 bits per heavy atom. The van der Waals surface area contributed by atoms with Crippen LogP contribution in [-0.2, 0) is 4.74 Å².